The van der Waals surface area contributed by atoms with Gasteiger partial charge in [0.25, 0.3) is 0 Å². The van der Waals surface area contributed by atoms with E-state index in [1.54, 1.807) is 0 Å². The Labute approximate surface area is 112 Å². The zero-order valence-corrected chi connectivity index (χ0v) is 12.4. The SMILES string of the molecule is CC(C)OCCCCNC(C)c1ccc(Br)o1. The number of halogens is 1. The Morgan fingerprint density at radius 3 is 2.65 bits per heavy atom. The summed E-state index contributed by atoms with van der Waals surface area (Å²) >= 11 is 3.31. The minimum atomic E-state index is 0.257. The third kappa shape index (κ3) is 6.24. The highest BCUT2D eigenvalue weighted by Crippen LogP contribution is 2.19. The lowest BCUT2D eigenvalue weighted by molar-refractivity contribution is 0.0759. The molecule has 1 rings (SSSR count). The molecule has 1 N–H and O–H groups in total. The fourth-order valence-electron chi connectivity index (χ4n) is 1.53. The highest BCUT2D eigenvalue weighted by molar-refractivity contribution is 9.10. The van der Waals surface area contributed by atoms with Crippen molar-refractivity contribution in [2.45, 2.75) is 45.8 Å². The Balaban J connectivity index is 2.06. The summed E-state index contributed by atoms with van der Waals surface area (Å²) in [7, 11) is 0. The molecule has 0 aromatic carbocycles. The van der Waals surface area contributed by atoms with Crippen LogP contribution >= 0.6 is 15.9 Å². The number of nitrogens with one attached hydrogen (secondary N) is 1. The van der Waals surface area contributed by atoms with E-state index in [0.29, 0.717) is 6.10 Å². The summed E-state index contributed by atoms with van der Waals surface area (Å²) in [6, 6.07) is 4.17. The van der Waals surface area contributed by atoms with E-state index >= 15 is 0 Å². The molecule has 17 heavy (non-hydrogen) atoms. The van der Waals surface area contributed by atoms with Crippen LogP contribution in [0, 0.1) is 0 Å². The van der Waals surface area contributed by atoms with Crippen LogP contribution in [0.3, 0.4) is 0 Å². The predicted octanol–water partition coefficient (Wildman–Crippen LogP) is 3.90. The second kappa shape index (κ2) is 7.90. The Hall–Kier alpha value is -0.320. The van der Waals surface area contributed by atoms with Crippen molar-refractivity contribution in [3.63, 3.8) is 0 Å². The number of furan rings is 1. The smallest absolute Gasteiger partial charge is 0.169 e. The van der Waals surface area contributed by atoms with Gasteiger partial charge in [-0.3, -0.25) is 0 Å². The normalized spacial score (nSPS) is 13.2. The van der Waals surface area contributed by atoms with Crippen LogP contribution in [0.5, 0.6) is 0 Å². The lowest BCUT2D eigenvalue weighted by atomic mass is 10.2. The highest BCUT2D eigenvalue weighted by Gasteiger charge is 2.08. The largest absolute Gasteiger partial charge is 0.453 e. The van der Waals surface area contributed by atoms with Crippen LogP contribution in [-0.4, -0.2) is 19.3 Å². The Morgan fingerprint density at radius 1 is 1.29 bits per heavy atom. The van der Waals surface area contributed by atoms with Gasteiger partial charge in [0.1, 0.15) is 5.76 Å². The molecule has 1 aromatic rings. The van der Waals surface area contributed by atoms with Crippen molar-refractivity contribution in [1.82, 2.24) is 5.32 Å². The molecule has 0 fully saturated rings. The molecule has 0 saturated carbocycles. The summed E-state index contributed by atoms with van der Waals surface area (Å²) in [5, 5.41) is 3.43. The minimum Gasteiger partial charge on any atom is -0.453 e. The molecule has 1 aromatic heterocycles. The van der Waals surface area contributed by atoms with Gasteiger partial charge in [-0.05, 0) is 68.2 Å². The third-order valence-electron chi connectivity index (χ3n) is 2.49. The third-order valence-corrected chi connectivity index (χ3v) is 2.92. The molecule has 0 radical (unpaired) electrons. The summed E-state index contributed by atoms with van der Waals surface area (Å²) in [6.07, 6.45) is 2.56. The molecule has 1 heterocycles. The van der Waals surface area contributed by atoms with Crippen molar-refractivity contribution < 1.29 is 9.15 Å². The molecule has 0 aliphatic rings. The summed E-state index contributed by atoms with van der Waals surface area (Å²) in [5.74, 6) is 0.968. The first kappa shape index (κ1) is 14.7. The maximum Gasteiger partial charge on any atom is 0.169 e. The maximum atomic E-state index is 5.48. The number of rotatable bonds is 8. The van der Waals surface area contributed by atoms with Gasteiger partial charge in [0.15, 0.2) is 4.67 Å². The molecule has 0 spiro atoms. The van der Waals surface area contributed by atoms with Crippen LogP contribution in [0.1, 0.15) is 45.4 Å². The number of hydrogen-bond donors (Lipinski definition) is 1. The first-order chi connectivity index (χ1) is 8.09. The van der Waals surface area contributed by atoms with Gasteiger partial charge in [0.2, 0.25) is 0 Å². The van der Waals surface area contributed by atoms with Gasteiger partial charge in [-0.25, -0.2) is 0 Å². The van der Waals surface area contributed by atoms with E-state index in [4.69, 9.17) is 9.15 Å². The number of unbranched alkanes of at least 4 members (excludes halogenated alkanes) is 1. The predicted molar refractivity (Wildman–Crippen MR) is 73.1 cm³/mol. The zero-order chi connectivity index (χ0) is 12.7. The summed E-state index contributed by atoms with van der Waals surface area (Å²) < 4.78 is 11.8. The van der Waals surface area contributed by atoms with Crippen LogP contribution in [0.15, 0.2) is 21.2 Å². The molecule has 3 nitrogen and oxygen atoms in total. The topological polar surface area (TPSA) is 34.4 Å². The Bertz CT molecular complexity index is 312. The summed E-state index contributed by atoms with van der Waals surface area (Å²) in [5.41, 5.74) is 0. The zero-order valence-electron chi connectivity index (χ0n) is 10.8. The van der Waals surface area contributed by atoms with Gasteiger partial charge in [0.05, 0.1) is 12.1 Å². The monoisotopic (exact) mass is 303 g/mol. The van der Waals surface area contributed by atoms with Crippen molar-refractivity contribution >= 4 is 15.9 Å². The van der Waals surface area contributed by atoms with Crippen LogP contribution in [-0.2, 0) is 4.74 Å². The first-order valence-electron chi connectivity index (χ1n) is 6.20. The van der Waals surface area contributed by atoms with E-state index in [0.717, 1.165) is 36.4 Å². The lowest BCUT2D eigenvalue weighted by Gasteiger charge is -2.11. The lowest BCUT2D eigenvalue weighted by Crippen LogP contribution is -2.19. The van der Waals surface area contributed by atoms with E-state index in [1.807, 2.05) is 12.1 Å². The van der Waals surface area contributed by atoms with Crippen LogP contribution in [0.25, 0.3) is 0 Å². The second-order valence-electron chi connectivity index (χ2n) is 4.44. The van der Waals surface area contributed by atoms with Crippen LogP contribution < -0.4 is 5.32 Å². The summed E-state index contributed by atoms with van der Waals surface area (Å²) in [6.45, 7) is 8.07. The molecule has 0 saturated heterocycles. The molecule has 0 aliphatic heterocycles. The Morgan fingerprint density at radius 2 is 2.06 bits per heavy atom. The quantitative estimate of drug-likeness (QED) is 0.740. The van der Waals surface area contributed by atoms with Gasteiger partial charge in [-0.15, -0.1) is 0 Å². The average molecular weight is 304 g/mol. The molecule has 0 aliphatic carbocycles. The Kier molecular flexibility index (Phi) is 6.85. The molecule has 98 valence electrons. The molecule has 0 bridgehead atoms. The molecule has 1 unspecified atom stereocenters. The molecular formula is C13H22BrNO2. The van der Waals surface area contributed by atoms with Gasteiger partial charge >= 0.3 is 0 Å². The van der Waals surface area contributed by atoms with Crippen molar-refractivity contribution in [2.75, 3.05) is 13.2 Å². The van der Waals surface area contributed by atoms with Gasteiger partial charge < -0.3 is 14.5 Å². The molecular weight excluding hydrogens is 282 g/mol. The molecule has 1 atom stereocenters. The van der Waals surface area contributed by atoms with Crippen molar-refractivity contribution in [3.8, 4) is 0 Å². The van der Waals surface area contributed by atoms with E-state index < -0.39 is 0 Å². The van der Waals surface area contributed by atoms with Crippen molar-refractivity contribution in [2.24, 2.45) is 0 Å². The van der Waals surface area contributed by atoms with E-state index in [-0.39, 0.29) is 6.04 Å². The van der Waals surface area contributed by atoms with Gasteiger partial charge in [0, 0.05) is 6.61 Å². The van der Waals surface area contributed by atoms with E-state index in [2.05, 4.69) is 42.0 Å². The van der Waals surface area contributed by atoms with Gasteiger partial charge in [-0.2, -0.15) is 0 Å². The number of hydrogen-bond acceptors (Lipinski definition) is 3. The fraction of sp³-hybridized carbons (Fsp3) is 0.692. The van der Waals surface area contributed by atoms with E-state index in [1.165, 1.54) is 0 Å². The number of ether oxygens (including phenoxy) is 1. The maximum absolute atomic E-state index is 5.48. The summed E-state index contributed by atoms with van der Waals surface area (Å²) in [4.78, 5) is 0. The highest BCUT2D eigenvalue weighted by atomic mass is 79.9. The van der Waals surface area contributed by atoms with E-state index in [9.17, 15) is 0 Å². The second-order valence-corrected chi connectivity index (χ2v) is 5.23. The van der Waals surface area contributed by atoms with Crippen LogP contribution in [0.4, 0.5) is 0 Å². The van der Waals surface area contributed by atoms with Crippen LogP contribution in [0.2, 0.25) is 0 Å². The average Bonchev–Trinajstić information content (AvgIpc) is 2.69. The standard InChI is InChI=1S/C13H22BrNO2/c1-10(2)16-9-5-4-8-15-11(3)12-6-7-13(14)17-12/h6-7,10-11,15H,4-5,8-9H2,1-3H3. The first-order valence-corrected chi connectivity index (χ1v) is 6.99. The molecule has 0 amide bonds. The van der Waals surface area contributed by atoms with Crippen molar-refractivity contribution in [1.29, 1.82) is 0 Å². The van der Waals surface area contributed by atoms with Gasteiger partial charge in [-0.1, -0.05) is 0 Å². The minimum absolute atomic E-state index is 0.257. The fourth-order valence-corrected chi connectivity index (χ4v) is 1.85. The van der Waals surface area contributed by atoms with Crippen molar-refractivity contribution in [3.05, 3.63) is 22.6 Å². The molecule has 4 heteroatoms.